The smallest absolute Gasteiger partial charge is 0.305 e. The van der Waals surface area contributed by atoms with Gasteiger partial charge in [-0.15, -0.1) is 0 Å². The second kappa shape index (κ2) is 7.30. The Balaban J connectivity index is 2.54. The zero-order valence-electron chi connectivity index (χ0n) is 10.9. The Labute approximate surface area is 116 Å². The minimum absolute atomic E-state index is 0.0231. The van der Waals surface area contributed by atoms with Gasteiger partial charge in [0.25, 0.3) is 0 Å². The van der Waals surface area contributed by atoms with Crippen molar-refractivity contribution in [3.8, 4) is 0 Å². The second-order valence-corrected chi connectivity index (χ2v) is 5.74. The first-order chi connectivity index (χ1) is 9.36. The summed E-state index contributed by atoms with van der Waals surface area (Å²) in [5.74, 6) is -2.24. The quantitative estimate of drug-likeness (QED) is 0.613. The Kier molecular flexibility index (Phi) is 6.03. The highest BCUT2D eigenvalue weighted by atomic mass is 32.2. The first kappa shape index (κ1) is 16.5. The van der Waals surface area contributed by atoms with Crippen LogP contribution in [0.25, 0.3) is 0 Å². The maximum atomic E-state index is 13.3. The van der Waals surface area contributed by atoms with Crippen LogP contribution in [-0.4, -0.2) is 28.0 Å². The molecule has 0 atom stereocenters. The zero-order chi connectivity index (χ0) is 15.2. The van der Waals surface area contributed by atoms with E-state index < -0.39 is 26.6 Å². The van der Waals surface area contributed by atoms with Crippen LogP contribution in [0.4, 0.5) is 8.78 Å². The number of carbonyl (C=O) groups is 1. The largest absolute Gasteiger partial charge is 0.469 e. The molecule has 0 aliphatic carbocycles. The topological polar surface area (TPSA) is 72.5 Å². The highest BCUT2D eigenvalue weighted by Crippen LogP contribution is 2.15. The standard InChI is InChI=1S/C12H15F2NO4S/c1-19-12(16)4-2-3-7-15-20(17,18)11-8-9(13)5-6-10(11)14/h5-6,8,15H,2-4,7H2,1H3. The molecule has 1 aromatic carbocycles. The van der Waals surface area contributed by atoms with Crippen molar-refractivity contribution in [1.29, 1.82) is 0 Å². The first-order valence-electron chi connectivity index (χ1n) is 5.88. The molecule has 0 amide bonds. The van der Waals surface area contributed by atoms with E-state index in [4.69, 9.17) is 0 Å². The van der Waals surface area contributed by atoms with Gasteiger partial charge in [0.1, 0.15) is 16.5 Å². The number of methoxy groups -OCH3 is 1. The fourth-order valence-corrected chi connectivity index (χ4v) is 2.62. The molecule has 0 bridgehead atoms. The van der Waals surface area contributed by atoms with Crippen LogP contribution in [0, 0.1) is 11.6 Å². The molecule has 0 aromatic heterocycles. The van der Waals surface area contributed by atoms with Crippen LogP contribution in [0.3, 0.4) is 0 Å². The van der Waals surface area contributed by atoms with Crippen molar-refractivity contribution in [3.63, 3.8) is 0 Å². The van der Waals surface area contributed by atoms with E-state index >= 15 is 0 Å². The predicted molar refractivity (Wildman–Crippen MR) is 67.4 cm³/mol. The first-order valence-corrected chi connectivity index (χ1v) is 7.36. The third-order valence-electron chi connectivity index (χ3n) is 2.51. The van der Waals surface area contributed by atoms with Crippen LogP contribution in [-0.2, 0) is 19.6 Å². The lowest BCUT2D eigenvalue weighted by Crippen LogP contribution is -2.26. The molecular formula is C12H15F2NO4S. The molecule has 0 aliphatic heterocycles. The van der Waals surface area contributed by atoms with Gasteiger partial charge < -0.3 is 4.74 Å². The maximum absolute atomic E-state index is 13.3. The van der Waals surface area contributed by atoms with Crippen LogP contribution < -0.4 is 4.72 Å². The van der Waals surface area contributed by atoms with Crippen molar-refractivity contribution in [3.05, 3.63) is 29.8 Å². The minimum Gasteiger partial charge on any atom is -0.469 e. The number of benzene rings is 1. The van der Waals surface area contributed by atoms with E-state index in [0.717, 1.165) is 12.1 Å². The van der Waals surface area contributed by atoms with Crippen molar-refractivity contribution in [2.24, 2.45) is 0 Å². The van der Waals surface area contributed by atoms with E-state index in [1.807, 2.05) is 0 Å². The van der Waals surface area contributed by atoms with E-state index in [9.17, 15) is 22.0 Å². The van der Waals surface area contributed by atoms with Crippen LogP contribution in [0.1, 0.15) is 19.3 Å². The molecule has 20 heavy (non-hydrogen) atoms. The number of nitrogens with one attached hydrogen (secondary N) is 1. The molecule has 1 N–H and O–H groups in total. The SMILES string of the molecule is COC(=O)CCCCNS(=O)(=O)c1cc(F)ccc1F. The van der Waals surface area contributed by atoms with E-state index in [2.05, 4.69) is 9.46 Å². The van der Waals surface area contributed by atoms with Crippen molar-refractivity contribution >= 4 is 16.0 Å². The number of unbranched alkanes of at least 4 members (excludes halogenated alkanes) is 1. The van der Waals surface area contributed by atoms with Crippen molar-refractivity contribution < 1.29 is 26.7 Å². The van der Waals surface area contributed by atoms with Gasteiger partial charge in [0.15, 0.2) is 0 Å². The number of carbonyl (C=O) groups excluding carboxylic acids is 1. The Morgan fingerprint density at radius 1 is 1.30 bits per heavy atom. The third kappa shape index (κ3) is 4.86. The molecule has 0 spiro atoms. The summed E-state index contributed by atoms with van der Waals surface area (Å²) in [5, 5.41) is 0. The molecule has 112 valence electrons. The average Bonchev–Trinajstić information content (AvgIpc) is 2.40. The summed E-state index contributed by atoms with van der Waals surface area (Å²) >= 11 is 0. The second-order valence-electron chi connectivity index (χ2n) is 4.01. The van der Waals surface area contributed by atoms with E-state index in [1.165, 1.54) is 7.11 Å². The van der Waals surface area contributed by atoms with E-state index in [1.54, 1.807) is 0 Å². The third-order valence-corrected chi connectivity index (χ3v) is 3.99. The summed E-state index contributed by atoms with van der Waals surface area (Å²) in [7, 11) is -2.84. The van der Waals surface area contributed by atoms with E-state index in [-0.39, 0.29) is 18.9 Å². The molecule has 0 fully saturated rings. The molecule has 1 aromatic rings. The average molecular weight is 307 g/mol. The van der Waals surface area contributed by atoms with Gasteiger partial charge >= 0.3 is 5.97 Å². The monoisotopic (exact) mass is 307 g/mol. The highest BCUT2D eigenvalue weighted by Gasteiger charge is 2.19. The molecule has 8 heteroatoms. The fraction of sp³-hybridized carbons (Fsp3) is 0.417. The molecule has 0 unspecified atom stereocenters. The number of sulfonamides is 1. The van der Waals surface area contributed by atoms with Gasteiger partial charge in [0.2, 0.25) is 10.0 Å². The Morgan fingerprint density at radius 3 is 2.65 bits per heavy atom. The summed E-state index contributed by atoms with van der Waals surface area (Å²) in [6, 6.07) is 2.21. The minimum atomic E-state index is -4.10. The van der Waals surface area contributed by atoms with Crippen molar-refractivity contribution in [2.45, 2.75) is 24.2 Å². The van der Waals surface area contributed by atoms with Crippen LogP contribution in [0.2, 0.25) is 0 Å². The normalized spacial score (nSPS) is 11.3. The lowest BCUT2D eigenvalue weighted by atomic mass is 10.2. The fourth-order valence-electron chi connectivity index (χ4n) is 1.46. The molecule has 0 aliphatic rings. The highest BCUT2D eigenvalue weighted by molar-refractivity contribution is 7.89. The lowest BCUT2D eigenvalue weighted by molar-refractivity contribution is -0.140. The van der Waals surface area contributed by atoms with Gasteiger partial charge in [-0.05, 0) is 31.0 Å². The molecule has 0 heterocycles. The van der Waals surface area contributed by atoms with Crippen molar-refractivity contribution in [2.75, 3.05) is 13.7 Å². The molecule has 0 saturated carbocycles. The Hall–Kier alpha value is -1.54. The van der Waals surface area contributed by atoms with Crippen LogP contribution in [0.5, 0.6) is 0 Å². The number of hydrogen-bond acceptors (Lipinski definition) is 4. The van der Waals surface area contributed by atoms with Gasteiger partial charge in [-0.1, -0.05) is 0 Å². The molecule has 1 rings (SSSR count). The van der Waals surface area contributed by atoms with Gasteiger partial charge in [-0.2, -0.15) is 0 Å². The zero-order valence-corrected chi connectivity index (χ0v) is 11.7. The summed E-state index contributed by atoms with van der Waals surface area (Å²) in [4.78, 5) is 10.1. The lowest BCUT2D eigenvalue weighted by Gasteiger charge is -2.07. The number of rotatable bonds is 7. The van der Waals surface area contributed by atoms with Crippen molar-refractivity contribution in [1.82, 2.24) is 4.72 Å². The van der Waals surface area contributed by atoms with Gasteiger partial charge in [0, 0.05) is 13.0 Å². The Bertz CT molecular complexity index is 575. The summed E-state index contributed by atoms with van der Waals surface area (Å²) in [5.41, 5.74) is 0. The van der Waals surface area contributed by atoms with Gasteiger partial charge in [-0.3, -0.25) is 4.79 Å². The van der Waals surface area contributed by atoms with Crippen LogP contribution >= 0.6 is 0 Å². The Morgan fingerprint density at radius 2 is 2.00 bits per heavy atom. The van der Waals surface area contributed by atoms with Crippen LogP contribution in [0.15, 0.2) is 23.1 Å². The number of ether oxygens (including phenoxy) is 1. The number of esters is 1. The van der Waals surface area contributed by atoms with Gasteiger partial charge in [-0.25, -0.2) is 21.9 Å². The maximum Gasteiger partial charge on any atom is 0.305 e. The molecule has 0 radical (unpaired) electrons. The van der Waals surface area contributed by atoms with E-state index in [0.29, 0.717) is 18.9 Å². The summed E-state index contributed by atoms with van der Waals surface area (Å²) in [6.07, 6.45) is 0.985. The summed E-state index contributed by atoms with van der Waals surface area (Å²) in [6.45, 7) is 0.0231. The predicted octanol–water partition coefficient (Wildman–Crippen LogP) is 1.59. The molecule has 5 nitrogen and oxygen atoms in total. The molecule has 0 saturated heterocycles. The number of halogens is 2. The summed E-state index contributed by atoms with van der Waals surface area (Å²) < 4.78 is 56.4. The van der Waals surface area contributed by atoms with Gasteiger partial charge in [0.05, 0.1) is 7.11 Å². The molecular weight excluding hydrogens is 292 g/mol. The number of hydrogen-bond donors (Lipinski definition) is 1.